The van der Waals surface area contributed by atoms with Crippen molar-refractivity contribution in [1.82, 2.24) is 0 Å². The van der Waals surface area contributed by atoms with Crippen LogP contribution in [-0.4, -0.2) is 6.36 Å². The third-order valence-corrected chi connectivity index (χ3v) is 3.05. The molecule has 2 nitrogen and oxygen atoms in total. The Morgan fingerprint density at radius 3 is 1.91 bits per heavy atom. The van der Waals surface area contributed by atoms with Crippen LogP contribution in [0.5, 0.6) is 5.75 Å². The van der Waals surface area contributed by atoms with Crippen molar-refractivity contribution in [3.8, 4) is 5.75 Å². The van der Waals surface area contributed by atoms with Crippen LogP contribution in [0.25, 0.3) is 0 Å². The van der Waals surface area contributed by atoms with Gasteiger partial charge >= 0.3 is 6.36 Å². The van der Waals surface area contributed by atoms with E-state index in [2.05, 4.69) is 4.74 Å². The Morgan fingerprint density at radius 1 is 1.00 bits per heavy atom. The Morgan fingerprint density at radius 2 is 1.48 bits per heavy atom. The van der Waals surface area contributed by atoms with Crippen LogP contribution >= 0.6 is 24.0 Å². The number of ether oxygens (including phenoxy) is 1. The Labute approximate surface area is 139 Å². The summed E-state index contributed by atoms with van der Waals surface area (Å²) in [7, 11) is 0. The first-order valence-corrected chi connectivity index (χ1v) is 6.31. The summed E-state index contributed by atoms with van der Waals surface area (Å²) in [6.07, 6.45) is -4.82. The highest BCUT2D eigenvalue weighted by Crippen LogP contribution is 2.29. The lowest BCUT2D eigenvalue weighted by Gasteiger charge is -2.15. The number of benzene rings is 2. The van der Waals surface area contributed by atoms with Crippen LogP contribution in [0, 0.1) is 11.6 Å². The summed E-state index contributed by atoms with van der Waals surface area (Å²) < 4.78 is 67.4. The molecule has 23 heavy (non-hydrogen) atoms. The summed E-state index contributed by atoms with van der Waals surface area (Å²) in [6, 6.07) is 5.01. The number of hydrogen-bond donors (Lipinski definition) is 1. The first-order valence-electron chi connectivity index (χ1n) is 5.93. The molecule has 2 N–H and O–H groups in total. The standard InChI is InChI=1S/C14H9ClF5NO.ClH/c15-8-5-10(16)12(11(17)6-8)13(21)7-1-3-9(4-2-7)22-14(18,19)20;/h1-6,13H,21H2;1H/t13-;/m0./s1. The molecule has 0 aliphatic carbocycles. The predicted octanol–water partition coefficient (Wildman–Crippen LogP) is 4.99. The molecule has 9 heteroatoms. The maximum Gasteiger partial charge on any atom is 0.573 e. The minimum atomic E-state index is -4.82. The zero-order valence-corrected chi connectivity index (χ0v) is 12.8. The van der Waals surface area contributed by atoms with Crippen LogP contribution in [0.15, 0.2) is 36.4 Å². The summed E-state index contributed by atoms with van der Waals surface area (Å²) in [4.78, 5) is 0. The number of hydrogen-bond acceptors (Lipinski definition) is 2. The van der Waals surface area contributed by atoms with Crippen LogP contribution in [0.3, 0.4) is 0 Å². The minimum Gasteiger partial charge on any atom is -0.406 e. The zero-order chi connectivity index (χ0) is 16.5. The van der Waals surface area contributed by atoms with Gasteiger partial charge in [0.15, 0.2) is 0 Å². The van der Waals surface area contributed by atoms with Gasteiger partial charge in [0.05, 0.1) is 6.04 Å². The van der Waals surface area contributed by atoms with Gasteiger partial charge in [-0.2, -0.15) is 0 Å². The third-order valence-electron chi connectivity index (χ3n) is 2.83. The monoisotopic (exact) mass is 373 g/mol. The molecule has 0 aliphatic heterocycles. The van der Waals surface area contributed by atoms with Crippen LogP contribution < -0.4 is 10.5 Å². The first kappa shape index (κ1) is 19.5. The van der Waals surface area contributed by atoms with Crippen molar-refractivity contribution in [3.05, 3.63) is 64.2 Å². The lowest BCUT2D eigenvalue weighted by Crippen LogP contribution is -2.18. The van der Waals surface area contributed by atoms with Gasteiger partial charge in [0, 0.05) is 10.6 Å². The van der Waals surface area contributed by atoms with Gasteiger partial charge in [-0.3, -0.25) is 0 Å². The van der Waals surface area contributed by atoms with E-state index in [1.54, 1.807) is 0 Å². The molecule has 0 amide bonds. The van der Waals surface area contributed by atoms with Crippen LogP contribution in [0.2, 0.25) is 5.02 Å². The number of alkyl halides is 3. The van der Waals surface area contributed by atoms with E-state index >= 15 is 0 Å². The molecule has 0 heterocycles. The van der Waals surface area contributed by atoms with Crippen molar-refractivity contribution < 1.29 is 26.7 Å². The molecule has 0 aliphatic rings. The minimum absolute atomic E-state index is 0. The Bertz CT molecular complexity index is 653. The predicted molar refractivity (Wildman–Crippen MR) is 77.8 cm³/mol. The summed E-state index contributed by atoms with van der Waals surface area (Å²) in [6.45, 7) is 0. The van der Waals surface area contributed by atoms with Crippen LogP contribution in [0.1, 0.15) is 17.2 Å². The molecule has 0 fully saturated rings. The van der Waals surface area contributed by atoms with E-state index in [0.29, 0.717) is 0 Å². The fourth-order valence-corrected chi connectivity index (χ4v) is 2.09. The number of rotatable bonds is 3. The summed E-state index contributed by atoms with van der Waals surface area (Å²) in [5, 5.41) is -0.125. The molecule has 0 spiro atoms. The highest BCUT2D eigenvalue weighted by Gasteiger charge is 2.31. The normalized spacial score (nSPS) is 12.5. The molecule has 2 aromatic rings. The average molecular weight is 374 g/mol. The van der Waals surface area contributed by atoms with Crippen LogP contribution in [-0.2, 0) is 0 Å². The van der Waals surface area contributed by atoms with Gasteiger partial charge in [0.2, 0.25) is 0 Å². The largest absolute Gasteiger partial charge is 0.573 e. The molecule has 0 saturated carbocycles. The van der Waals surface area contributed by atoms with Gasteiger partial charge in [0.1, 0.15) is 17.4 Å². The number of nitrogens with two attached hydrogens (primary N) is 1. The van der Waals surface area contributed by atoms with Crippen LogP contribution in [0.4, 0.5) is 22.0 Å². The third kappa shape index (κ3) is 4.95. The summed E-state index contributed by atoms with van der Waals surface area (Å²) in [5.74, 6) is -2.33. The molecule has 126 valence electrons. The van der Waals surface area contributed by atoms with Gasteiger partial charge in [-0.1, -0.05) is 23.7 Å². The Balaban J connectivity index is 0.00000264. The highest BCUT2D eigenvalue weighted by molar-refractivity contribution is 6.30. The van der Waals surface area contributed by atoms with Gasteiger partial charge < -0.3 is 10.5 Å². The molecule has 0 saturated heterocycles. The molecule has 0 bridgehead atoms. The van der Waals surface area contributed by atoms with Crippen molar-refractivity contribution in [2.24, 2.45) is 5.73 Å². The lowest BCUT2D eigenvalue weighted by molar-refractivity contribution is -0.274. The van der Waals surface area contributed by atoms with E-state index in [-0.39, 0.29) is 23.0 Å². The average Bonchev–Trinajstić information content (AvgIpc) is 2.36. The maximum atomic E-state index is 13.8. The second-order valence-electron chi connectivity index (χ2n) is 4.38. The number of halogens is 7. The molecule has 0 radical (unpaired) electrons. The smallest absolute Gasteiger partial charge is 0.406 e. The second kappa shape index (κ2) is 7.33. The van der Waals surface area contributed by atoms with Crippen molar-refractivity contribution >= 4 is 24.0 Å². The van der Waals surface area contributed by atoms with E-state index < -0.39 is 35.4 Å². The SMILES string of the molecule is Cl.N[C@@H](c1ccc(OC(F)(F)F)cc1)c1c(F)cc(Cl)cc1F. The second-order valence-corrected chi connectivity index (χ2v) is 4.81. The molecule has 2 rings (SSSR count). The van der Waals surface area contributed by atoms with E-state index in [4.69, 9.17) is 17.3 Å². The van der Waals surface area contributed by atoms with Gasteiger partial charge in [-0.25, -0.2) is 8.78 Å². The van der Waals surface area contributed by atoms with Crippen molar-refractivity contribution in [2.45, 2.75) is 12.4 Å². The van der Waals surface area contributed by atoms with Crippen molar-refractivity contribution in [2.75, 3.05) is 0 Å². The van der Waals surface area contributed by atoms with E-state index in [0.717, 1.165) is 24.3 Å². The Hall–Kier alpha value is -1.57. The quantitative estimate of drug-likeness (QED) is 0.769. The lowest BCUT2D eigenvalue weighted by atomic mass is 9.98. The molecule has 1 atom stereocenters. The highest BCUT2D eigenvalue weighted by atomic mass is 35.5. The molecule has 0 aromatic heterocycles. The van der Waals surface area contributed by atoms with E-state index in [1.807, 2.05) is 0 Å². The Kier molecular flexibility index (Phi) is 6.21. The van der Waals surface area contributed by atoms with Gasteiger partial charge in [-0.05, 0) is 29.8 Å². The maximum absolute atomic E-state index is 13.8. The van der Waals surface area contributed by atoms with Crippen molar-refractivity contribution in [3.63, 3.8) is 0 Å². The zero-order valence-electron chi connectivity index (χ0n) is 11.2. The fraction of sp³-hybridized carbons (Fsp3) is 0.143. The topological polar surface area (TPSA) is 35.2 Å². The van der Waals surface area contributed by atoms with E-state index in [1.165, 1.54) is 12.1 Å². The molecule has 0 unspecified atom stereocenters. The van der Waals surface area contributed by atoms with Gasteiger partial charge in [0.25, 0.3) is 0 Å². The first-order chi connectivity index (χ1) is 10.2. The van der Waals surface area contributed by atoms with Gasteiger partial charge in [-0.15, -0.1) is 25.6 Å². The molecular formula is C14H10Cl2F5NO. The summed E-state index contributed by atoms with van der Waals surface area (Å²) in [5.41, 5.74) is 5.55. The fourth-order valence-electron chi connectivity index (χ4n) is 1.89. The van der Waals surface area contributed by atoms with Crippen molar-refractivity contribution in [1.29, 1.82) is 0 Å². The van der Waals surface area contributed by atoms with E-state index in [9.17, 15) is 22.0 Å². The molecule has 2 aromatic carbocycles. The summed E-state index contributed by atoms with van der Waals surface area (Å²) >= 11 is 5.51. The molecular weight excluding hydrogens is 364 g/mol.